The molecule has 5 rings (SSSR count). The zero-order chi connectivity index (χ0) is 26.5. The van der Waals surface area contributed by atoms with Gasteiger partial charge in [-0.15, -0.1) is 11.6 Å². The van der Waals surface area contributed by atoms with E-state index in [1.54, 1.807) is 0 Å². The number of ether oxygens (including phenoxy) is 1. The molecule has 0 aliphatic heterocycles. The van der Waals surface area contributed by atoms with Crippen LogP contribution < -0.4 is 15.4 Å². The van der Waals surface area contributed by atoms with Gasteiger partial charge in [-0.25, -0.2) is 0 Å². The number of hydrogen-bond acceptors (Lipinski definition) is 5. The maximum Gasteiger partial charge on any atom is 0.251 e. The molecule has 2 aromatic rings. The monoisotopic (exact) mass is 543 g/mol. The molecule has 3 aliphatic carbocycles. The van der Waals surface area contributed by atoms with Gasteiger partial charge in [0.15, 0.2) is 0 Å². The first-order valence-corrected chi connectivity index (χ1v) is 14.6. The predicted octanol–water partition coefficient (Wildman–Crippen LogP) is 5.02. The minimum Gasteiger partial charge on any atom is -0.477 e. The summed E-state index contributed by atoms with van der Waals surface area (Å²) in [6.45, 7) is 0.736. The Hall–Kier alpha value is -2.22. The van der Waals surface area contributed by atoms with Crippen molar-refractivity contribution in [3.8, 4) is 5.88 Å². The summed E-state index contributed by atoms with van der Waals surface area (Å²) in [6.07, 6.45) is 10.3. The average Bonchev–Trinajstić information content (AvgIpc) is 3.85. The fourth-order valence-electron chi connectivity index (χ4n) is 5.68. The van der Waals surface area contributed by atoms with Crippen LogP contribution >= 0.6 is 11.6 Å². The number of amides is 1. The van der Waals surface area contributed by atoms with E-state index in [1.807, 2.05) is 30.3 Å². The Labute approximate surface area is 229 Å². The molecule has 0 saturated heterocycles. The third-order valence-corrected chi connectivity index (χ3v) is 8.80. The van der Waals surface area contributed by atoms with E-state index in [-0.39, 0.29) is 28.3 Å². The van der Waals surface area contributed by atoms with Crippen molar-refractivity contribution in [2.75, 3.05) is 13.2 Å². The number of carbonyl (C=O) groups excluding carboxylic acids is 1. The molecule has 1 aromatic carbocycles. The summed E-state index contributed by atoms with van der Waals surface area (Å²) >= 11 is 6.03. The van der Waals surface area contributed by atoms with Crippen molar-refractivity contribution in [3.63, 3.8) is 0 Å². The molecule has 206 valence electrons. The van der Waals surface area contributed by atoms with Crippen molar-refractivity contribution in [2.24, 2.45) is 11.8 Å². The third kappa shape index (κ3) is 7.67. The Balaban J connectivity index is 1.26. The topological polar surface area (TPSA) is 83.5 Å². The van der Waals surface area contributed by atoms with Crippen LogP contribution in [0.3, 0.4) is 0 Å². The largest absolute Gasteiger partial charge is 0.477 e. The molecule has 0 unspecified atom stereocenters. The molecule has 3 saturated carbocycles. The van der Waals surface area contributed by atoms with E-state index in [0.29, 0.717) is 19.6 Å². The molecular formula is C30H39ClFN3O3. The number of β-amino-alcohol motifs (C(OH)–C–C–N with tert-alkyl or cyclic N) is 1. The summed E-state index contributed by atoms with van der Waals surface area (Å²) < 4.78 is 19.9. The second-order valence-electron chi connectivity index (χ2n) is 11.5. The number of aliphatic hydroxyl groups is 1. The summed E-state index contributed by atoms with van der Waals surface area (Å²) in [7, 11) is 0. The van der Waals surface area contributed by atoms with Crippen molar-refractivity contribution in [3.05, 3.63) is 59.5 Å². The summed E-state index contributed by atoms with van der Waals surface area (Å²) in [6, 6.07) is 11.8. The van der Waals surface area contributed by atoms with E-state index in [1.165, 1.54) is 44.6 Å². The van der Waals surface area contributed by atoms with Crippen molar-refractivity contribution < 1.29 is 19.0 Å². The lowest BCUT2D eigenvalue weighted by molar-refractivity contribution is 0.0780. The number of aliphatic hydroxyl groups excluding tert-OH is 1. The van der Waals surface area contributed by atoms with Gasteiger partial charge >= 0.3 is 0 Å². The number of carbonyl (C=O) groups is 1. The molecule has 0 spiro atoms. The van der Waals surface area contributed by atoms with Crippen LogP contribution in [-0.2, 0) is 6.42 Å². The van der Waals surface area contributed by atoms with Gasteiger partial charge in [-0.3, -0.25) is 4.79 Å². The van der Waals surface area contributed by atoms with Gasteiger partial charge in [0, 0.05) is 41.1 Å². The van der Waals surface area contributed by atoms with Crippen LogP contribution in [0.5, 0.6) is 5.88 Å². The van der Waals surface area contributed by atoms with Crippen LogP contribution in [0.15, 0.2) is 42.5 Å². The smallest absolute Gasteiger partial charge is 0.251 e. The highest BCUT2D eigenvalue weighted by Gasteiger charge is 2.38. The third-order valence-electron chi connectivity index (χ3n) is 8.27. The molecule has 1 aromatic heterocycles. The highest BCUT2D eigenvalue weighted by Crippen LogP contribution is 2.42. The number of benzene rings is 1. The molecule has 0 bridgehead atoms. The fourth-order valence-corrected chi connectivity index (χ4v) is 5.98. The quantitative estimate of drug-likeness (QED) is 0.244. The summed E-state index contributed by atoms with van der Waals surface area (Å²) in [4.78, 5) is 17.0. The maximum absolute atomic E-state index is 14.3. The Kier molecular flexibility index (Phi) is 8.86. The molecule has 1 amide bonds. The minimum absolute atomic E-state index is 0.0621. The van der Waals surface area contributed by atoms with E-state index < -0.39 is 24.0 Å². The SMILES string of the molecule is O=C(N[C@@H](Cc1ccccc1)[C@H](O)CNC1(CC2CC2)CCCCC1)c1cc(F)nc(OC[C@H]2C[C@@H]2Cl)c1. The lowest BCUT2D eigenvalue weighted by atomic mass is 9.77. The highest BCUT2D eigenvalue weighted by atomic mass is 35.5. The van der Waals surface area contributed by atoms with Gasteiger partial charge in [-0.1, -0.05) is 62.4 Å². The summed E-state index contributed by atoms with van der Waals surface area (Å²) in [5, 5.41) is 18.1. The van der Waals surface area contributed by atoms with Crippen molar-refractivity contribution >= 4 is 17.5 Å². The molecule has 1 heterocycles. The fraction of sp³-hybridized carbons (Fsp3) is 0.600. The van der Waals surface area contributed by atoms with Crippen molar-refractivity contribution in [1.82, 2.24) is 15.6 Å². The maximum atomic E-state index is 14.3. The van der Waals surface area contributed by atoms with Crippen LogP contribution in [0.25, 0.3) is 0 Å². The lowest BCUT2D eigenvalue weighted by Crippen LogP contribution is -2.54. The van der Waals surface area contributed by atoms with E-state index in [9.17, 15) is 14.3 Å². The number of alkyl halides is 1. The molecule has 3 N–H and O–H groups in total. The summed E-state index contributed by atoms with van der Waals surface area (Å²) in [5.74, 6) is -0.169. The van der Waals surface area contributed by atoms with E-state index in [0.717, 1.165) is 36.8 Å². The minimum atomic E-state index is -0.810. The van der Waals surface area contributed by atoms with Crippen molar-refractivity contribution in [1.29, 1.82) is 0 Å². The standard InChI is InChI=1S/C30H39ClFN3O3/c31-24-14-23(24)19-38-28-16-22(15-27(32)35-28)29(37)34-25(13-20-7-3-1-4-8-20)26(36)18-33-30(17-21-9-10-21)11-5-2-6-12-30/h1,3-4,7-8,15-16,21,23-26,33,36H,2,5-6,9-14,17-19H2,(H,34,37)/t23-,24+,25+,26-/m1/s1. The van der Waals surface area contributed by atoms with Gasteiger partial charge in [0.05, 0.1) is 18.8 Å². The van der Waals surface area contributed by atoms with E-state index in [4.69, 9.17) is 16.3 Å². The first-order valence-electron chi connectivity index (χ1n) is 14.1. The number of hydrogen-bond donors (Lipinski definition) is 3. The number of aromatic nitrogens is 1. The molecule has 6 nitrogen and oxygen atoms in total. The Morgan fingerprint density at radius 3 is 2.61 bits per heavy atom. The molecular weight excluding hydrogens is 505 g/mol. The molecule has 3 fully saturated rings. The number of nitrogens with zero attached hydrogens (tertiary/aromatic N) is 1. The van der Waals surface area contributed by atoms with Gasteiger partial charge < -0.3 is 20.5 Å². The van der Waals surface area contributed by atoms with Crippen molar-refractivity contribution in [2.45, 2.75) is 87.3 Å². The van der Waals surface area contributed by atoms with Gasteiger partial charge in [-0.05, 0) is 43.6 Å². The first-order chi connectivity index (χ1) is 18.4. The molecule has 4 atom stereocenters. The van der Waals surface area contributed by atoms with Crippen LogP contribution in [0.2, 0.25) is 0 Å². The first kappa shape index (κ1) is 27.4. The van der Waals surface area contributed by atoms with Crippen LogP contribution in [-0.4, -0.2) is 52.2 Å². The molecule has 3 aliphatic rings. The van der Waals surface area contributed by atoms with Crippen LogP contribution in [0.1, 0.15) is 73.7 Å². The molecule has 0 radical (unpaired) electrons. The Morgan fingerprint density at radius 1 is 1.18 bits per heavy atom. The predicted molar refractivity (Wildman–Crippen MR) is 146 cm³/mol. The second kappa shape index (κ2) is 12.3. The molecule has 38 heavy (non-hydrogen) atoms. The Morgan fingerprint density at radius 2 is 1.92 bits per heavy atom. The number of halogens is 2. The number of nitrogens with one attached hydrogen (secondary N) is 2. The molecule has 8 heteroatoms. The van der Waals surface area contributed by atoms with Crippen LogP contribution in [0.4, 0.5) is 4.39 Å². The van der Waals surface area contributed by atoms with E-state index >= 15 is 0 Å². The lowest BCUT2D eigenvalue weighted by Gasteiger charge is -2.40. The van der Waals surface area contributed by atoms with Crippen LogP contribution in [0, 0.1) is 17.8 Å². The Bertz CT molecular complexity index is 1080. The van der Waals surface area contributed by atoms with Gasteiger partial charge in [0.2, 0.25) is 11.8 Å². The van der Waals surface area contributed by atoms with E-state index in [2.05, 4.69) is 15.6 Å². The van der Waals surface area contributed by atoms with Gasteiger partial charge in [-0.2, -0.15) is 9.37 Å². The highest BCUT2D eigenvalue weighted by molar-refractivity contribution is 6.22. The summed E-state index contributed by atoms with van der Waals surface area (Å²) in [5.41, 5.74) is 1.19. The zero-order valence-corrected chi connectivity index (χ0v) is 22.6. The second-order valence-corrected chi connectivity index (χ2v) is 12.1. The number of pyridine rings is 1. The van der Waals surface area contributed by atoms with Gasteiger partial charge in [0.1, 0.15) is 0 Å². The number of rotatable bonds is 13. The average molecular weight is 544 g/mol. The van der Waals surface area contributed by atoms with Gasteiger partial charge in [0.25, 0.3) is 5.91 Å². The zero-order valence-electron chi connectivity index (χ0n) is 21.9. The normalized spacial score (nSPS) is 23.9.